The van der Waals surface area contributed by atoms with Gasteiger partial charge < -0.3 is 9.72 Å². The Morgan fingerprint density at radius 2 is 1.94 bits per heavy atom. The van der Waals surface area contributed by atoms with Crippen LogP contribution in [0.15, 0.2) is 42.7 Å². The van der Waals surface area contributed by atoms with Crippen LogP contribution in [-0.2, 0) is 5.88 Å². The molecule has 0 spiro atoms. The molecule has 0 aliphatic carbocycles. The number of nitrogens with one attached hydrogen (secondary N) is 1. The molecule has 1 N–H and O–H groups in total. The molecule has 0 unspecified atom stereocenters. The molecule has 2 aromatic heterocycles. The SMILES string of the molecule is ClCc1nc2ccc(Oc3ccncc3)cc2[nH]1. The van der Waals surface area contributed by atoms with Crippen LogP contribution in [-0.4, -0.2) is 15.0 Å². The van der Waals surface area contributed by atoms with Gasteiger partial charge in [0.25, 0.3) is 0 Å². The number of halogens is 1. The maximum atomic E-state index is 5.74. The third-order valence-electron chi connectivity index (χ3n) is 2.51. The number of ether oxygens (including phenoxy) is 1. The predicted molar refractivity (Wildman–Crippen MR) is 70.0 cm³/mol. The summed E-state index contributed by atoms with van der Waals surface area (Å²) in [6, 6.07) is 9.29. The second-order valence-corrected chi connectivity index (χ2v) is 4.05. The minimum absolute atomic E-state index is 0.370. The van der Waals surface area contributed by atoms with Crippen LogP contribution in [0.5, 0.6) is 11.5 Å². The number of aromatic amines is 1. The lowest BCUT2D eigenvalue weighted by atomic mass is 10.3. The Hall–Kier alpha value is -2.07. The zero-order valence-corrected chi connectivity index (χ0v) is 10.2. The number of benzene rings is 1. The molecule has 5 heteroatoms. The number of fused-ring (bicyclic) bond motifs is 1. The maximum Gasteiger partial charge on any atom is 0.130 e. The monoisotopic (exact) mass is 259 g/mol. The number of aromatic nitrogens is 3. The van der Waals surface area contributed by atoms with Crippen molar-refractivity contribution >= 4 is 22.6 Å². The molecule has 0 saturated heterocycles. The number of rotatable bonds is 3. The van der Waals surface area contributed by atoms with Gasteiger partial charge in [-0.05, 0) is 24.3 Å². The van der Waals surface area contributed by atoms with Gasteiger partial charge in [0, 0.05) is 18.5 Å². The van der Waals surface area contributed by atoms with Crippen LogP contribution in [0.4, 0.5) is 0 Å². The summed E-state index contributed by atoms with van der Waals surface area (Å²) >= 11 is 5.74. The fraction of sp³-hybridized carbons (Fsp3) is 0.0769. The highest BCUT2D eigenvalue weighted by atomic mass is 35.5. The Balaban J connectivity index is 1.93. The minimum Gasteiger partial charge on any atom is -0.457 e. The summed E-state index contributed by atoms with van der Waals surface area (Å²) in [7, 11) is 0. The van der Waals surface area contributed by atoms with Gasteiger partial charge in [0.2, 0.25) is 0 Å². The van der Waals surface area contributed by atoms with Gasteiger partial charge >= 0.3 is 0 Å². The van der Waals surface area contributed by atoms with E-state index in [0.29, 0.717) is 5.88 Å². The first-order chi connectivity index (χ1) is 8.85. The fourth-order valence-electron chi connectivity index (χ4n) is 1.71. The first-order valence-corrected chi connectivity index (χ1v) is 6.01. The Labute approximate surface area is 109 Å². The zero-order chi connectivity index (χ0) is 12.4. The molecule has 0 saturated carbocycles. The number of hydrogen-bond donors (Lipinski definition) is 1. The summed E-state index contributed by atoms with van der Waals surface area (Å²) in [4.78, 5) is 11.4. The van der Waals surface area contributed by atoms with E-state index < -0.39 is 0 Å². The number of alkyl halides is 1. The molecule has 0 bridgehead atoms. The van der Waals surface area contributed by atoms with E-state index in [-0.39, 0.29) is 0 Å². The fourth-order valence-corrected chi connectivity index (χ4v) is 1.84. The quantitative estimate of drug-likeness (QED) is 0.733. The van der Waals surface area contributed by atoms with E-state index in [1.54, 1.807) is 24.5 Å². The van der Waals surface area contributed by atoms with E-state index >= 15 is 0 Å². The van der Waals surface area contributed by atoms with Gasteiger partial charge in [-0.25, -0.2) is 4.98 Å². The van der Waals surface area contributed by atoms with Crippen LogP contribution in [0.1, 0.15) is 5.82 Å². The number of imidazole rings is 1. The third kappa shape index (κ3) is 2.15. The second kappa shape index (κ2) is 4.66. The van der Waals surface area contributed by atoms with E-state index in [9.17, 15) is 0 Å². The van der Waals surface area contributed by atoms with Crippen LogP contribution in [0.2, 0.25) is 0 Å². The molecule has 4 nitrogen and oxygen atoms in total. The molecule has 0 fully saturated rings. The summed E-state index contributed by atoms with van der Waals surface area (Å²) in [6.45, 7) is 0. The van der Waals surface area contributed by atoms with Crippen LogP contribution in [0, 0.1) is 0 Å². The number of pyridine rings is 1. The van der Waals surface area contributed by atoms with E-state index in [0.717, 1.165) is 28.4 Å². The van der Waals surface area contributed by atoms with Gasteiger partial charge in [-0.2, -0.15) is 0 Å². The molecule has 90 valence electrons. The molecule has 1 aromatic carbocycles. The average molecular weight is 260 g/mol. The largest absolute Gasteiger partial charge is 0.457 e. The second-order valence-electron chi connectivity index (χ2n) is 3.78. The predicted octanol–water partition coefficient (Wildman–Crippen LogP) is 3.49. The lowest BCUT2D eigenvalue weighted by molar-refractivity contribution is 0.482. The topological polar surface area (TPSA) is 50.8 Å². The number of H-pyrrole nitrogens is 1. The normalized spacial score (nSPS) is 10.7. The van der Waals surface area contributed by atoms with Gasteiger partial charge in [-0.15, -0.1) is 11.6 Å². The van der Waals surface area contributed by atoms with Gasteiger partial charge in [-0.3, -0.25) is 4.98 Å². The Bertz CT molecular complexity index is 666. The Morgan fingerprint density at radius 3 is 2.72 bits per heavy atom. The van der Waals surface area contributed by atoms with Crippen LogP contribution in [0.3, 0.4) is 0 Å². The summed E-state index contributed by atoms with van der Waals surface area (Å²) in [5.74, 6) is 2.63. The van der Waals surface area contributed by atoms with Gasteiger partial charge in [-0.1, -0.05) is 0 Å². The molecule has 0 aliphatic rings. The molecule has 0 atom stereocenters. The van der Waals surface area contributed by atoms with E-state index in [2.05, 4.69) is 15.0 Å². The molecule has 3 aromatic rings. The van der Waals surface area contributed by atoms with Crippen molar-refractivity contribution in [3.63, 3.8) is 0 Å². The molecule has 3 rings (SSSR count). The summed E-state index contributed by atoms with van der Waals surface area (Å²) in [5, 5.41) is 0. The van der Waals surface area contributed by atoms with Gasteiger partial charge in [0.05, 0.1) is 16.9 Å². The Kier molecular flexibility index (Phi) is 2.86. The smallest absolute Gasteiger partial charge is 0.130 e. The molecule has 18 heavy (non-hydrogen) atoms. The van der Waals surface area contributed by atoms with E-state index in [1.807, 2.05) is 18.2 Å². The molecular weight excluding hydrogens is 250 g/mol. The first kappa shape index (κ1) is 11.0. The molecular formula is C13H10ClN3O. The van der Waals surface area contributed by atoms with Gasteiger partial charge in [0.1, 0.15) is 17.3 Å². The van der Waals surface area contributed by atoms with E-state index in [1.165, 1.54) is 0 Å². The number of nitrogens with zero attached hydrogens (tertiary/aromatic N) is 2. The highest BCUT2D eigenvalue weighted by Crippen LogP contribution is 2.24. The van der Waals surface area contributed by atoms with Crippen molar-refractivity contribution < 1.29 is 4.74 Å². The van der Waals surface area contributed by atoms with Crippen LogP contribution < -0.4 is 4.74 Å². The molecule has 0 aliphatic heterocycles. The zero-order valence-electron chi connectivity index (χ0n) is 9.43. The third-order valence-corrected chi connectivity index (χ3v) is 2.77. The van der Waals surface area contributed by atoms with Crippen molar-refractivity contribution in [1.29, 1.82) is 0 Å². The van der Waals surface area contributed by atoms with E-state index in [4.69, 9.17) is 16.3 Å². The van der Waals surface area contributed by atoms with Crippen LogP contribution >= 0.6 is 11.6 Å². The lowest BCUT2D eigenvalue weighted by Gasteiger charge is -2.04. The highest BCUT2D eigenvalue weighted by Gasteiger charge is 2.04. The van der Waals surface area contributed by atoms with Crippen LogP contribution in [0.25, 0.3) is 11.0 Å². The number of hydrogen-bond acceptors (Lipinski definition) is 3. The standard InChI is InChI=1S/C13H10ClN3O/c14-8-13-16-11-2-1-10(7-12(11)17-13)18-9-3-5-15-6-4-9/h1-7H,8H2,(H,16,17). The highest BCUT2D eigenvalue weighted by molar-refractivity contribution is 6.16. The van der Waals surface area contributed by atoms with Crippen molar-refractivity contribution in [3.8, 4) is 11.5 Å². The first-order valence-electron chi connectivity index (χ1n) is 5.47. The molecule has 0 radical (unpaired) electrons. The van der Waals surface area contributed by atoms with Crippen molar-refractivity contribution in [1.82, 2.24) is 15.0 Å². The van der Waals surface area contributed by atoms with Crippen molar-refractivity contribution in [2.45, 2.75) is 5.88 Å². The molecule has 2 heterocycles. The molecule has 0 amide bonds. The maximum absolute atomic E-state index is 5.74. The van der Waals surface area contributed by atoms with Gasteiger partial charge in [0.15, 0.2) is 0 Å². The van der Waals surface area contributed by atoms with Crippen molar-refractivity contribution in [3.05, 3.63) is 48.5 Å². The summed E-state index contributed by atoms with van der Waals surface area (Å²) in [5.41, 5.74) is 1.80. The summed E-state index contributed by atoms with van der Waals surface area (Å²) < 4.78 is 5.71. The van der Waals surface area contributed by atoms with Crippen molar-refractivity contribution in [2.75, 3.05) is 0 Å². The minimum atomic E-state index is 0.370. The van der Waals surface area contributed by atoms with Crippen molar-refractivity contribution in [2.24, 2.45) is 0 Å². The lowest BCUT2D eigenvalue weighted by Crippen LogP contribution is -1.84. The average Bonchev–Trinajstić information content (AvgIpc) is 2.82. The summed E-state index contributed by atoms with van der Waals surface area (Å²) in [6.07, 6.45) is 3.38. The Morgan fingerprint density at radius 1 is 1.11 bits per heavy atom.